The van der Waals surface area contributed by atoms with Crippen LogP contribution >= 0.6 is 0 Å². The number of piperidine rings is 1. The molecule has 5 heteroatoms. The number of carbonyl (C=O) groups excluding carboxylic acids is 1. The smallest absolute Gasteiger partial charge is 0.319 e. The molecular formula is C20H30N4O. The molecule has 5 nitrogen and oxygen atoms in total. The van der Waals surface area contributed by atoms with Crippen LogP contribution in [0.25, 0.3) is 0 Å². The number of anilines is 2. The molecule has 2 aliphatic heterocycles. The van der Waals surface area contributed by atoms with Gasteiger partial charge >= 0.3 is 6.03 Å². The second kappa shape index (κ2) is 7.24. The van der Waals surface area contributed by atoms with Crippen LogP contribution in [0, 0.1) is 0 Å². The maximum Gasteiger partial charge on any atom is 0.319 e. The van der Waals surface area contributed by atoms with E-state index < -0.39 is 0 Å². The normalized spacial score (nSPS) is 22.8. The molecule has 136 valence electrons. The number of likely N-dealkylation sites (tertiary alicyclic amines) is 1. The molecule has 0 spiro atoms. The van der Waals surface area contributed by atoms with Crippen molar-refractivity contribution in [1.29, 1.82) is 0 Å². The molecule has 4 rings (SSSR count). The highest BCUT2D eigenvalue weighted by Crippen LogP contribution is 2.32. The predicted molar refractivity (Wildman–Crippen MR) is 102 cm³/mol. The Morgan fingerprint density at radius 2 is 1.80 bits per heavy atom. The quantitative estimate of drug-likeness (QED) is 0.886. The van der Waals surface area contributed by atoms with Crippen molar-refractivity contribution in [3.8, 4) is 0 Å². The molecule has 2 amide bonds. The molecule has 3 aliphatic rings. The predicted octanol–water partition coefficient (Wildman–Crippen LogP) is 3.34. The van der Waals surface area contributed by atoms with E-state index in [9.17, 15) is 4.79 Å². The molecule has 0 atom stereocenters. The number of benzene rings is 1. The molecule has 2 fully saturated rings. The summed E-state index contributed by atoms with van der Waals surface area (Å²) in [6.07, 6.45) is 10.3. The second-order valence-electron chi connectivity index (χ2n) is 7.83. The Bertz CT molecular complexity index is 618. The first-order valence-electron chi connectivity index (χ1n) is 9.91. The lowest BCUT2D eigenvalue weighted by Gasteiger charge is -2.39. The number of amides is 2. The molecule has 0 bridgehead atoms. The van der Waals surface area contributed by atoms with Gasteiger partial charge in [0.15, 0.2) is 0 Å². The Morgan fingerprint density at radius 1 is 1.04 bits per heavy atom. The van der Waals surface area contributed by atoms with Gasteiger partial charge in [-0.1, -0.05) is 25.3 Å². The summed E-state index contributed by atoms with van der Waals surface area (Å²) in [5, 5.41) is 3.69. The van der Waals surface area contributed by atoms with E-state index in [1.54, 1.807) is 4.90 Å². The van der Waals surface area contributed by atoms with E-state index in [1.165, 1.54) is 63.6 Å². The molecule has 2 heterocycles. The lowest BCUT2D eigenvalue weighted by Crippen LogP contribution is -2.45. The lowest BCUT2D eigenvalue weighted by atomic mass is 9.92. The van der Waals surface area contributed by atoms with Crippen molar-refractivity contribution >= 4 is 17.4 Å². The second-order valence-corrected chi connectivity index (χ2v) is 7.83. The fourth-order valence-electron chi connectivity index (χ4n) is 4.79. The van der Waals surface area contributed by atoms with E-state index in [0.29, 0.717) is 12.6 Å². The van der Waals surface area contributed by atoms with Crippen molar-refractivity contribution in [2.75, 3.05) is 29.9 Å². The molecule has 0 aromatic heterocycles. The third kappa shape index (κ3) is 3.61. The average molecular weight is 342 g/mol. The topological polar surface area (TPSA) is 61.6 Å². The van der Waals surface area contributed by atoms with Crippen molar-refractivity contribution in [2.24, 2.45) is 5.73 Å². The maximum atomic E-state index is 11.6. The monoisotopic (exact) mass is 342 g/mol. The van der Waals surface area contributed by atoms with E-state index in [2.05, 4.69) is 28.4 Å². The number of hydrogen-bond acceptors (Lipinski definition) is 3. The highest BCUT2D eigenvalue weighted by atomic mass is 16.2. The summed E-state index contributed by atoms with van der Waals surface area (Å²) >= 11 is 0. The van der Waals surface area contributed by atoms with E-state index >= 15 is 0 Å². The molecular weight excluding hydrogens is 312 g/mol. The van der Waals surface area contributed by atoms with Crippen LogP contribution < -0.4 is 16.0 Å². The molecule has 25 heavy (non-hydrogen) atoms. The number of nitrogens with two attached hydrogens (primary N) is 1. The van der Waals surface area contributed by atoms with Gasteiger partial charge in [-0.3, -0.25) is 4.90 Å². The first-order valence-corrected chi connectivity index (χ1v) is 9.91. The minimum atomic E-state index is -0.350. The Morgan fingerprint density at radius 3 is 2.52 bits per heavy atom. The van der Waals surface area contributed by atoms with Crippen molar-refractivity contribution < 1.29 is 4.79 Å². The summed E-state index contributed by atoms with van der Waals surface area (Å²) < 4.78 is 0. The Labute approximate surface area is 150 Å². The number of urea groups is 1. The number of rotatable bonds is 3. The van der Waals surface area contributed by atoms with Crippen LogP contribution in [-0.4, -0.2) is 42.6 Å². The zero-order valence-corrected chi connectivity index (χ0v) is 15.0. The highest BCUT2D eigenvalue weighted by molar-refractivity contribution is 5.93. The highest BCUT2D eigenvalue weighted by Gasteiger charge is 2.27. The van der Waals surface area contributed by atoms with Gasteiger partial charge in [0.05, 0.1) is 5.69 Å². The minimum absolute atomic E-state index is 0.350. The number of hydrogen-bond donors (Lipinski definition) is 2. The average Bonchev–Trinajstić information content (AvgIpc) is 3.07. The van der Waals surface area contributed by atoms with E-state index in [0.717, 1.165) is 23.8 Å². The van der Waals surface area contributed by atoms with Crippen LogP contribution in [0.4, 0.5) is 16.2 Å². The summed E-state index contributed by atoms with van der Waals surface area (Å²) in [6.45, 7) is 3.12. The Balaban J connectivity index is 1.34. The van der Waals surface area contributed by atoms with E-state index in [-0.39, 0.29) is 6.03 Å². The van der Waals surface area contributed by atoms with Gasteiger partial charge in [0.25, 0.3) is 0 Å². The summed E-state index contributed by atoms with van der Waals surface area (Å²) in [5.74, 6) is 0. The standard InChI is InChI=1S/C20H30N4O/c21-20(25)24-13-8-15-6-7-17(14-19(15)24)22-16-9-11-23(12-10-16)18-4-2-1-3-5-18/h6-7,14,16,18,22H,1-5,8-13H2,(H2,21,25). The zero-order valence-electron chi connectivity index (χ0n) is 15.0. The molecule has 1 saturated carbocycles. The van der Waals surface area contributed by atoms with Crippen LogP contribution in [-0.2, 0) is 6.42 Å². The summed E-state index contributed by atoms with van der Waals surface area (Å²) in [4.78, 5) is 16.0. The van der Waals surface area contributed by atoms with Gasteiger partial charge in [0, 0.05) is 37.4 Å². The zero-order chi connectivity index (χ0) is 17.2. The molecule has 0 radical (unpaired) electrons. The molecule has 1 saturated heterocycles. The fraction of sp³-hybridized carbons (Fsp3) is 0.650. The molecule has 0 unspecified atom stereocenters. The SMILES string of the molecule is NC(=O)N1CCc2ccc(NC3CCN(C4CCCCC4)CC3)cc21. The van der Waals surface area contributed by atoms with Gasteiger partial charge in [0.1, 0.15) is 0 Å². The first kappa shape index (κ1) is 16.7. The van der Waals surface area contributed by atoms with Crippen molar-refractivity contribution in [2.45, 2.75) is 63.5 Å². The minimum Gasteiger partial charge on any atom is -0.382 e. The van der Waals surface area contributed by atoms with Gasteiger partial charge in [0.2, 0.25) is 0 Å². The first-order chi connectivity index (χ1) is 12.2. The van der Waals surface area contributed by atoms with Gasteiger partial charge < -0.3 is 16.0 Å². The number of nitrogens with zero attached hydrogens (tertiary/aromatic N) is 2. The number of carbonyl (C=O) groups is 1. The maximum absolute atomic E-state index is 11.6. The number of primary amides is 1. The number of nitrogens with one attached hydrogen (secondary N) is 1. The molecule has 1 aromatic rings. The van der Waals surface area contributed by atoms with Gasteiger partial charge in [-0.05, 0) is 49.8 Å². The van der Waals surface area contributed by atoms with Gasteiger partial charge in [-0.25, -0.2) is 4.79 Å². The summed E-state index contributed by atoms with van der Waals surface area (Å²) in [5.41, 5.74) is 8.81. The van der Waals surface area contributed by atoms with Crippen LogP contribution in [0.5, 0.6) is 0 Å². The van der Waals surface area contributed by atoms with Crippen molar-refractivity contribution in [3.05, 3.63) is 23.8 Å². The molecule has 1 aromatic carbocycles. The van der Waals surface area contributed by atoms with Gasteiger partial charge in [-0.15, -0.1) is 0 Å². The van der Waals surface area contributed by atoms with E-state index in [4.69, 9.17) is 5.73 Å². The van der Waals surface area contributed by atoms with Crippen molar-refractivity contribution in [1.82, 2.24) is 4.90 Å². The summed E-state index contributed by atoms with van der Waals surface area (Å²) in [7, 11) is 0. The largest absolute Gasteiger partial charge is 0.382 e. The fourth-order valence-corrected chi connectivity index (χ4v) is 4.79. The Hall–Kier alpha value is -1.75. The van der Waals surface area contributed by atoms with E-state index in [1.807, 2.05) is 0 Å². The Kier molecular flexibility index (Phi) is 4.84. The number of fused-ring (bicyclic) bond motifs is 1. The van der Waals surface area contributed by atoms with Crippen LogP contribution in [0.15, 0.2) is 18.2 Å². The third-order valence-electron chi connectivity index (χ3n) is 6.24. The van der Waals surface area contributed by atoms with Crippen LogP contribution in [0.2, 0.25) is 0 Å². The van der Waals surface area contributed by atoms with Crippen LogP contribution in [0.1, 0.15) is 50.5 Å². The van der Waals surface area contributed by atoms with Gasteiger partial charge in [-0.2, -0.15) is 0 Å². The lowest BCUT2D eigenvalue weighted by molar-refractivity contribution is 0.126. The molecule has 1 aliphatic carbocycles. The summed E-state index contributed by atoms with van der Waals surface area (Å²) in [6, 6.07) is 7.40. The van der Waals surface area contributed by atoms with Crippen LogP contribution in [0.3, 0.4) is 0 Å². The molecule has 3 N–H and O–H groups in total. The van der Waals surface area contributed by atoms with Crippen molar-refractivity contribution in [3.63, 3.8) is 0 Å². The third-order valence-corrected chi connectivity index (χ3v) is 6.24.